The van der Waals surface area contributed by atoms with Crippen molar-refractivity contribution < 1.29 is 19.7 Å². The Morgan fingerprint density at radius 2 is 2.17 bits per heavy atom. The minimum Gasteiger partial charge on any atom is -0.512 e. The molecule has 2 N–H and O–H groups in total. The molecule has 0 spiro atoms. The highest BCUT2D eigenvalue weighted by atomic mass is 16.5. The molecule has 0 amide bonds. The predicted octanol–water partition coefficient (Wildman–Crippen LogP) is 2.40. The van der Waals surface area contributed by atoms with E-state index in [9.17, 15) is 9.90 Å². The van der Waals surface area contributed by atoms with Crippen molar-refractivity contribution in [3.63, 3.8) is 0 Å². The van der Waals surface area contributed by atoms with Crippen LogP contribution in [0, 0.1) is 5.92 Å². The molecule has 0 radical (unpaired) electrons. The topological polar surface area (TPSA) is 70.0 Å². The highest BCUT2D eigenvalue weighted by Crippen LogP contribution is 2.30. The molecule has 124 valence electrons. The SMILES string of the molecule is COc1ccc2c(c1)CC(CN1CCC(O)=C(C(=O)O)C1)CC2. The van der Waals surface area contributed by atoms with Crippen LogP contribution in [0.4, 0.5) is 0 Å². The molecule has 1 atom stereocenters. The Balaban J connectivity index is 1.65. The fraction of sp³-hybridized carbons (Fsp3) is 0.500. The number of aliphatic hydroxyl groups excluding tert-OH is 1. The van der Waals surface area contributed by atoms with Gasteiger partial charge in [0.1, 0.15) is 11.5 Å². The molecule has 5 heteroatoms. The third kappa shape index (κ3) is 3.50. The van der Waals surface area contributed by atoms with E-state index >= 15 is 0 Å². The van der Waals surface area contributed by atoms with Gasteiger partial charge in [-0.15, -0.1) is 0 Å². The largest absolute Gasteiger partial charge is 0.512 e. The van der Waals surface area contributed by atoms with Crippen molar-refractivity contribution in [2.75, 3.05) is 26.7 Å². The van der Waals surface area contributed by atoms with Crippen LogP contribution in [0.2, 0.25) is 0 Å². The number of aliphatic carboxylic acids is 1. The van der Waals surface area contributed by atoms with Gasteiger partial charge in [-0.1, -0.05) is 6.07 Å². The van der Waals surface area contributed by atoms with Crippen molar-refractivity contribution in [2.45, 2.75) is 25.7 Å². The Bertz CT molecular complexity index is 638. The Morgan fingerprint density at radius 3 is 2.91 bits per heavy atom. The maximum atomic E-state index is 11.2. The lowest BCUT2D eigenvalue weighted by atomic mass is 9.83. The van der Waals surface area contributed by atoms with Gasteiger partial charge in [0, 0.05) is 26.1 Å². The zero-order chi connectivity index (χ0) is 16.4. The first-order chi connectivity index (χ1) is 11.1. The summed E-state index contributed by atoms with van der Waals surface area (Å²) in [5, 5.41) is 18.9. The van der Waals surface area contributed by atoms with Gasteiger partial charge < -0.3 is 14.9 Å². The summed E-state index contributed by atoms with van der Waals surface area (Å²) in [6, 6.07) is 6.27. The van der Waals surface area contributed by atoms with E-state index in [2.05, 4.69) is 17.0 Å². The predicted molar refractivity (Wildman–Crippen MR) is 86.9 cm³/mol. The summed E-state index contributed by atoms with van der Waals surface area (Å²) in [7, 11) is 1.68. The number of rotatable bonds is 4. The van der Waals surface area contributed by atoms with E-state index in [1.807, 2.05) is 6.07 Å². The lowest BCUT2D eigenvalue weighted by Gasteiger charge is -2.33. The van der Waals surface area contributed by atoms with E-state index in [4.69, 9.17) is 9.84 Å². The molecule has 1 heterocycles. The summed E-state index contributed by atoms with van der Waals surface area (Å²) in [6.07, 6.45) is 3.61. The van der Waals surface area contributed by atoms with E-state index in [0.717, 1.165) is 38.1 Å². The quantitative estimate of drug-likeness (QED) is 0.892. The van der Waals surface area contributed by atoms with Crippen molar-refractivity contribution in [2.24, 2.45) is 5.92 Å². The molecule has 23 heavy (non-hydrogen) atoms. The molecule has 1 aliphatic heterocycles. The van der Waals surface area contributed by atoms with Crippen LogP contribution in [-0.2, 0) is 17.6 Å². The molecule has 1 unspecified atom stereocenters. The molecule has 1 aliphatic carbocycles. The molecule has 1 aromatic rings. The number of benzene rings is 1. The van der Waals surface area contributed by atoms with Crippen molar-refractivity contribution in [3.05, 3.63) is 40.7 Å². The van der Waals surface area contributed by atoms with E-state index in [1.54, 1.807) is 7.11 Å². The van der Waals surface area contributed by atoms with Gasteiger partial charge in [-0.05, 0) is 48.4 Å². The Labute approximate surface area is 136 Å². The van der Waals surface area contributed by atoms with Gasteiger partial charge in [0.2, 0.25) is 0 Å². The normalized spacial score (nSPS) is 21.9. The molecule has 0 aromatic heterocycles. The molecule has 2 aliphatic rings. The first-order valence-corrected chi connectivity index (χ1v) is 8.09. The summed E-state index contributed by atoms with van der Waals surface area (Å²) in [4.78, 5) is 13.3. The fourth-order valence-corrected chi connectivity index (χ4v) is 3.61. The van der Waals surface area contributed by atoms with Crippen LogP contribution >= 0.6 is 0 Å². The summed E-state index contributed by atoms with van der Waals surface area (Å²) < 4.78 is 5.31. The average molecular weight is 317 g/mol. The monoisotopic (exact) mass is 317 g/mol. The number of carboxylic acid groups (broad SMARTS) is 1. The molecule has 0 bridgehead atoms. The molecular weight excluding hydrogens is 294 g/mol. The van der Waals surface area contributed by atoms with Crippen LogP contribution < -0.4 is 4.74 Å². The number of aliphatic hydroxyl groups is 1. The molecule has 3 rings (SSSR count). The smallest absolute Gasteiger partial charge is 0.336 e. The third-order valence-corrected chi connectivity index (χ3v) is 4.91. The molecule has 0 fully saturated rings. The van der Waals surface area contributed by atoms with Crippen LogP contribution in [0.5, 0.6) is 5.75 Å². The standard InChI is InChI=1S/C18H23NO4/c1-23-15-5-4-13-3-2-12(8-14(13)9-15)10-19-7-6-17(20)16(11-19)18(21)22/h4-5,9,12,20H,2-3,6-8,10-11H2,1H3,(H,21,22). The summed E-state index contributed by atoms with van der Waals surface area (Å²) >= 11 is 0. The number of carboxylic acids is 1. The van der Waals surface area contributed by atoms with Crippen molar-refractivity contribution in [3.8, 4) is 5.75 Å². The van der Waals surface area contributed by atoms with Crippen LogP contribution in [0.3, 0.4) is 0 Å². The first-order valence-electron chi connectivity index (χ1n) is 8.09. The van der Waals surface area contributed by atoms with Gasteiger partial charge in [-0.25, -0.2) is 4.79 Å². The average Bonchev–Trinajstić information content (AvgIpc) is 2.55. The van der Waals surface area contributed by atoms with Crippen LogP contribution in [0.25, 0.3) is 0 Å². The number of hydrogen-bond acceptors (Lipinski definition) is 4. The van der Waals surface area contributed by atoms with Gasteiger partial charge in [-0.2, -0.15) is 0 Å². The second kappa shape index (κ2) is 6.62. The van der Waals surface area contributed by atoms with E-state index < -0.39 is 5.97 Å². The van der Waals surface area contributed by atoms with E-state index in [-0.39, 0.29) is 11.3 Å². The maximum Gasteiger partial charge on any atom is 0.336 e. The van der Waals surface area contributed by atoms with Gasteiger partial charge in [0.05, 0.1) is 12.7 Å². The first kappa shape index (κ1) is 15.9. The number of methoxy groups -OCH3 is 1. The minimum absolute atomic E-state index is 0.0347. The van der Waals surface area contributed by atoms with Crippen molar-refractivity contribution in [1.82, 2.24) is 4.90 Å². The van der Waals surface area contributed by atoms with Gasteiger partial charge >= 0.3 is 5.97 Å². The van der Waals surface area contributed by atoms with E-state index in [0.29, 0.717) is 18.9 Å². The minimum atomic E-state index is -1.01. The third-order valence-electron chi connectivity index (χ3n) is 4.91. The Hall–Kier alpha value is -2.01. The maximum absolute atomic E-state index is 11.2. The molecule has 1 aromatic carbocycles. The summed E-state index contributed by atoms with van der Waals surface area (Å²) in [5.74, 6) is 0.437. The Kier molecular flexibility index (Phi) is 4.57. The zero-order valence-electron chi connectivity index (χ0n) is 13.4. The molecule has 0 saturated carbocycles. The molecule has 0 saturated heterocycles. The Morgan fingerprint density at radius 1 is 1.35 bits per heavy atom. The number of fused-ring (bicyclic) bond motifs is 1. The van der Waals surface area contributed by atoms with Gasteiger partial charge in [-0.3, -0.25) is 4.90 Å². The van der Waals surface area contributed by atoms with Crippen molar-refractivity contribution >= 4 is 5.97 Å². The summed E-state index contributed by atoms with van der Waals surface area (Å²) in [6.45, 7) is 1.94. The van der Waals surface area contributed by atoms with Crippen LogP contribution in [0.1, 0.15) is 24.0 Å². The highest BCUT2D eigenvalue weighted by molar-refractivity contribution is 5.87. The van der Waals surface area contributed by atoms with Crippen molar-refractivity contribution in [1.29, 1.82) is 0 Å². The molecule has 5 nitrogen and oxygen atoms in total. The van der Waals surface area contributed by atoms with Gasteiger partial charge in [0.25, 0.3) is 0 Å². The van der Waals surface area contributed by atoms with Crippen LogP contribution in [-0.4, -0.2) is 47.8 Å². The fourth-order valence-electron chi connectivity index (χ4n) is 3.61. The lowest BCUT2D eigenvalue weighted by Crippen LogP contribution is -2.38. The van der Waals surface area contributed by atoms with Crippen LogP contribution in [0.15, 0.2) is 29.5 Å². The van der Waals surface area contributed by atoms with Gasteiger partial charge in [0.15, 0.2) is 0 Å². The number of nitrogens with zero attached hydrogens (tertiary/aromatic N) is 1. The summed E-state index contributed by atoms with van der Waals surface area (Å²) in [5.41, 5.74) is 2.88. The number of ether oxygens (including phenoxy) is 1. The number of hydrogen-bond donors (Lipinski definition) is 2. The molecular formula is C18H23NO4. The van der Waals surface area contributed by atoms with E-state index in [1.165, 1.54) is 11.1 Å². The lowest BCUT2D eigenvalue weighted by molar-refractivity contribution is -0.133. The number of aryl methyl sites for hydroxylation is 1. The zero-order valence-corrected chi connectivity index (χ0v) is 13.4. The second-order valence-corrected chi connectivity index (χ2v) is 6.46. The second-order valence-electron chi connectivity index (χ2n) is 6.46. The highest BCUT2D eigenvalue weighted by Gasteiger charge is 2.27. The number of carbonyl (C=O) groups is 1.